The van der Waals surface area contributed by atoms with Crippen LogP contribution in [-0.4, -0.2) is 61.1 Å². The van der Waals surface area contributed by atoms with Crippen molar-refractivity contribution in [3.63, 3.8) is 0 Å². The van der Waals surface area contributed by atoms with Gasteiger partial charge in [0.2, 0.25) is 5.91 Å². The van der Waals surface area contributed by atoms with Crippen LogP contribution in [0.25, 0.3) is 10.2 Å². The fourth-order valence-corrected chi connectivity index (χ4v) is 5.47. The maximum Gasteiger partial charge on any atom is 0.293 e. The summed E-state index contributed by atoms with van der Waals surface area (Å²) in [6, 6.07) is 10.7. The Balaban J connectivity index is 1.39. The fraction of sp³-hybridized carbons (Fsp3) is 0.348. The normalized spacial score (nSPS) is 15.8. The van der Waals surface area contributed by atoms with Crippen molar-refractivity contribution in [2.45, 2.75) is 23.3 Å². The number of fused-ring (bicyclic) bond motifs is 1. The standard InChI is InChI=1S/C23H25N5O4S2/c1-27(2)19-8-5-15(10-20(19)28(30)31)12-24-16-6-7-18-21(11-16)34-23(26-18)33-14-22(29)25-13-17-4-3-9-32-17/h5-8,10-12,17H,3-4,9,13-14H2,1-2H3,(H,25,29)/t17-/m1/s1. The molecule has 34 heavy (non-hydrogen) atoms. The number of carbonyl (C=O) groups is 1. The molecule has 4 rings (SSSR count). The van der Waals surface area contributed by atoms with E-state index >= 15 is 0 Å². The molecule has 178 valence electrons. The van der Waals surface area contributed by atoms with Gasteiger partial charge in [-0.15, -0.1) is 11.3 Å². The van der Waals surface area contributed by atoms with Crippen LogP contribution in [0.2, 0.25) is 0 Å². The average molecular weight is 500 g/mol. The third kappa shape index (κ3) is 6.10. The highest BCUT2D eigenvalue weighted by molar-refractivity contribution is 8.01. The molecule has 0 radical (unpaired) electrons. The number of nitro benzene ring substituents is 1. The Morgan fingerprint density at radius 2 is 2.24 bits per heavy atom. The molecule has 0 unspecified atom stereocenters. The number of thiazole rings is 1. The molecule has 1 N–H and O–H groups in total. The van der Waals surface area contributed by atoms with Crippen molar-refractivity contribution in [2.24, 2.45) is 4.99 Å². The molecule has 1 fully saturated rings. The van der Waals surface area contributed by atoms with E-state index in [9.17, 15) is 14.9 Å². The molecule has 1 amide bonds. The monoisotopic (exact) mass is 499 g/mol. The van der Waals surface area contributed by atoms with Crippen molar-refractivity contribution in [1.82, 2.24) is 10.3 Å². The fourth-order valence-electron chi connectivity index (χ4n) is 3.54. The van der Waals surface area contributed by atoms with Gasteiger partial charge in [-0.05, 0) is 42.7 Å². The summed E-state index contributed by atoms with van der Waals surface area (Å²) in [5, 5.41) is 14.3. The van der Waals surface area contributed by atoms with E-state index in [0.717, 1.165) is 39.7 Å². The summed E-state index contributed by atoms with van der Waals surface area (Å²) in [4.78, 5) is 33.9. The second-order valence-electron chi connectivity index (χ2n) is 8.02. The number of hydrogen-bond donors (Lipinski definition) is 1. The van der Waals surface area contributed by atoms with Crippen molar-refractivity contribution < 1.29 is 14.5 Å². The minimum Gasteiger partial charge on any atom is -0.376 e. The summed E-state index contributed by atoms with van der Waals surface area (Å²) in [5.41, 5.74) is 2.79. The first-order valence-electron chi connectivity index (χ1n) is 10.8. The van der Waals surface area contributed by atoms with Crippen molar-refractivity contribution in [3.8, 4) is 0 Å². The minimum absolute atomic E-state index is 0.0283. The first kappa shape index (κ1) is 24.1. The molecule has 0 aliphatic carbocycles. The summed E-state index contributed by atoms with van der Waals surface area (Å²) in [6.07, 6.45) is 3.79. The second kappa shape index (κ2) is 10.9. The predicted octanol–water partition coefficient (Wildman–Crippen LogP) is 4.41. The van der Waals surface area contributed by atoms with Gasteiger partial charge in [-0.1, -0.05) is 17.8 Å². The maximum absolute atomic E-state index is 12.1. The van der Waals surface area contributed by atoms with E-state index in [4.69, 9.17) is 4.74 Å². The van der Waals surface area contributed by atoms with Gasteiger partial charge in [-0.3, -0.25) is 19.9 Å². The molecule has 1 atom stereocenters. The maximum atomic E-state index is 12.1. The summed E-state index contributed by atoms with van der Waals surface area (Å²) in [6.45, 7) is 1.33. The Labute approximate surface area is 205 Å². The zero-order chi connectivity index (χ0) is 24.1. The lowest BCUT2D eigenvalue weighted by Gasteiger charge is -2.12. The lowest BCUT2D eigenvalue weighted by atomic mass is 10.1. The Hall–Kier alpha value is -3.02. The number of amides is 1. The van der Waals surface area contributed by atoms with E-state index in [1.54, 1.807) is 37.3 Å². The first-order chi connectivity index (χ1) is 16.4. The largest absolute Gasteiger partial charge is 0.376 e. The molecule has 1 aliphatic heterocycles. The van der Waals surface area contributed by atoms with Crippen LogP contribution in [0.4, 0.5) is 17.1 Å². The van der Waals surface area contributed by atoms with Gasteiger partial charge in [0, 0.05) is 39.5 Å². The van der Waals surface area contributed by atoms with Crippen LogP contribution < -0.4 is 10.2 Å². The number of nitrogens with one attached hydrogen (secondary N) is 1. The molecule has 1 saturated heterocycles. The molecule has 0 bridgehead atoms. The van der Waals surface area contributed by atoms with Gasteiger partial charge >= 0.3 is 0 Å². The molecule has 1 aliphatic rings. The molecule has 11 heteroatoms. The Bertz CT molecular complexity index is 1220. The van der Waals surface area contributed by atoms with E-state index in [-0.39, 0.29) is 17.7 Å². The number of thioether (sulfide) groups is 1. The minimum atomic E-state index is -0.391. The molecular weight excluding hydrogens is 474 g/mol. The van der Waals surface area contributed by atoms with E-state index < -0.39 is 4.92 Å². The van der Waals surface area contributed by atoms with Gasteiger partial charge in [-0.2, -0.15) is 0 Å². The number of anilines is 1. The summed E-state index contributed by atoms with van der Waals surface area (Å²) < 4.78 is 7.30. The molecule has 0 spiro atoms. The van der Waals surface area contributed by atoms with Crippen LogP contribution in [0, 0.1) is 10.1 Å². The van der Waals surface area contributed by atoms with Gasteiger partial charge in [0.25, 0.3) is 5.69 Å². The highest BCUT2D eigenvalue weighted by Crippen LogP contribution is 2.32. The Morgan fingerprint density at radius 1 is 1.38 bits per heavy atom. The topological polar surface area (TPSA) is 110 Å². The molecule has 9 nitrogen and oxygen atoms in total. The van der Waals surface area contributed by atoms with Crippen molar-refractivity contribution >= 4 is 62.5 Å². The zero-order valence-electron chi connectivity index (χ0n) is 18.9. The smallest absolute Gasteiger partial charge is 0.293 e. The average Bonchev–Trinajstić information content (AvgIpc) is 3.49. The van der Waals surface area contributed by atoms with Crippen LogP contribution in [0.1, 0.15) is 18.4 Å². The van der Waals surface area contributed by atoms with E-state index in [1.807, 2.05) is 18.2 Å². The lowest BCUT2D eigenvalue weighted by Crippen LogP contribution is -2.32. The molecular formula is C23H25N5O4S2. The molecule has 3 aromatic rings. The number of ether oxygens (including phenoxy) is 1. The summed E-state index contributed by atoms with van der Waals surface area (Å²) in [7, 11) is 3.54. The highest BCUT2D eigenvalue weighted by atomic mass is 32.2. The van der Waals surface area contributed by atoms with E-state index in [2.05, 4.69) is 15.3 Å². The Kier molecular flexibility index (Phi) is 7.76. The number of nitrogens with zero attached hydrogens (tertiary/aromatic N) is 4. The van der Waals surface area contributed by atoms with Gasteiger partial charge in [-0.25, -0.2) is 4.98 Å². The summed E-state index contributed by atoms with van der Waals surface area (Å²) >= 11 is 2.92. The number of benzene rings is 2. The molecule has 2 heterocycles. The Morgan fingerprint density at radius 3 is 2.97 bits per heavy atom. The van der Waals surface area contributed by atoms with Gasteiger partial charge in [0.15, 0.2) is 4.34 Å². The van der Waals surface area contributed by atoms with E-state index in [1.165, 1.54) is 29.2 Å². The molecule has 2 aromatic carbocycles. The van der Waals surface area contributed by atoms with Crippen LogP contribution in [0.3, 0.4) is 0 Å². The first-order valence-corrected chi connectivity index (χ1v) is 12.6. The SMILES string of the molecule is CN(C)c1ccc(C=Nc2ccc3nc(SCC(=O)NC[C@H]4CCCO4)sc3c2)cc1[N+](=O)[O-]. The van der Waals surface area contributed by atoms with Gasteiger partial charge in [0.05, 0.1) is 32.7 Å². The number of aliphatic imine (C=N–C) groups is 1. The van der Waals surface area contributed by atoms with Gasteiger partial charge in [0.1, 0.15) is 5.69 Å². The summed E-state index contributed by atoms with van der Waals surface area (Å²) in [5.74, 6) is 0.277. The highest BCUT2D eigenvalue weighted by Gasteiger charge is 2.17. The van der Waals surface area contributed by atoms with Crippen LogP contribution in [0.15, 0.2) is 45.7 Å². The third-order valence-electron chi connectivity index (χ3n) is 5.27. The number of nitro groups is 1. The van der Waals surface area contributed by atoms with E-state index in [0.29, 0.717) is 23.5 Å². The number of rotatable bonds is 9. The number of carbonyl (C=O) groups excluding carboxylic acids is 1. The third-order valence-corrected chi connectivity index (χ3v) is 7.43. The number of hydrogen-bond acceptors (Lipinski definition) is 9. The van der Waals surface area contributed by atoms with Crippen LogP contribution in [-0.2, 0) is 9.53 Å². The van der Waals surface area contributed by atoms with Crippen molar-refractivity contribution in [3.05, 3.63) is 52.1 Å². The lowest BCUT2D eigenvalue weighted by molar-refractivity contribution is -0.384. The van der Waals surface area contributed by atoms with Crippen molar-refractivity contribution in [2.75, 3.05) is 37.9 Å². The van der Waals surface area contributed by atoms with Crippen LogP contribution >= 0.6 is 23.1 Å². The van der Waals surface area contributed by atoms with Crippen molar-refractivity contribution in [1.29, 1.82) is 0 Å². The quantitative estimate of drug-likeness (QED) is 0.201. The van der Waals surface area contributed by atoms with Crippen LogP contribution in [0.5, 0.6) is 0 Å². The van der Waals surface area contributed by atoms with Gasteiger partial charge < -0.3 is 15.0 Å². The number of aromatic nitrogens is 1. The zero-order valence-corrected chi connectivity index (χ0v) is 20.5. The predicted molar refractivity (Wildman–Crippen MR) is 137 cm³/mol. The second-order valence-corrected chi connectivity index (χ2v) is 10.3. The molecule has 1 aromatic heterocycles. The molecule has 0 saturated carbocycles.